The molecule has 0 amide bonds. The lowest BCUT2D eigenvalue weighted by atomic mass is 9.86. The van der Waals surface area contributed by atoms with Crippen LogP contribution >= 0.6 is 0 Å². The third kappa shape index (κ3) is 2.97. The summed E-state index contributed by atoms with van der Waals surface area (Å²) in [6.45, 7) is 6.60. The van der Waals surface area contributed by atoms with Gasteiger partial charge in [0, 0.05) is 12.3 Å². The number of aromatic nitrogens is 1. The first-order valence-electron chi connectivity index (χ1n) is 6.60. The first-order chi connectivity index (χ1) is 9.41. The molecule has 0 radical (unpaired) electrons. The van der Waals surface area contributed by atoms with Crippen LogP contribution in [0.4, 0.5) is 0 Å². The Hall–Kier alpha value is -2.34. The summed E-state index contributed by atoms with van der Waals surface area (Å²) in [6.07, 6.45) is 1.67. The van der Waals surface area contributed by atoms with Gasteiger partial charge in [-0.15, -0.1) is 0 Å². The van der Waals surface area contributed by atoms with Crippen molar-refractivity contribution < 1.29 is 0 Å². The van der Waals surface area contributed by atoms with Crippen LogP contribution in [0.3, 0.4) is 0 Å². The molecule has 0 aliphatic rings. The maximum absolute atomic E-state index is 11.8. The molecule has 0 saturated carbocycles. The zero-order valence-electron chi connectivity index (χ0n) is 12.1. The molecule has 2 rings (SSSR count). The molecule has 1 aromatic heterocycles. The minimum absolute atomic E-state index is 0.0854. The Balaban J connectivity index is 2.36. The highest BCUT2D eigenvalue weighted by molar-refractivity contribution is 5.63. The topological polar surface area (TPSA) is 45.8 Å². The van der Waals surface area contributed by atoms with Gasteiger partial charge in [0.15, 0.2) is 0 Å². The number of pyridine rings is 1. The van der Waals surface area contributed by atoms with Crippen molar-refractivity contribution in [2.45, 2.75) is 32.7 Å². The fourth-order valence-corrected chi connectivity index (χ4v) is 2.06. The van der Waals surface area contributed by atoms with Gasteiger partial charge in [0.05, 0.1) is 6.07 Å². The normalized spacial score (nSPS) is 11.1. The summed E-state index contributed by atoms with van der Waals surface area (Å²) in [5, 5.41) is 8.63. The lowest BCUT2D eigenvalue weighted by molar-refractivity contribution is 0.590. The molecule has 0 N–H and O–H groups in total. The standard InChI is InChI=1S/C17H18N2O/c1-17(2,3)15-6-4-13(5-7-15)14-8-10-19(11-9-18)16(20)12-14/h4-8,10,12H,11H2,1-3H3. The number of hydrogen-bond donors (Lipinski definition) is 0. The van der Waals surface area contributed by atoms with Crippen molar-refractivity contribution in [3.05, 3.63) is 58.5 Å². The predicted molar refractivity (Wildman–Crippen MR) is 80.5 cm³/mol. The van der Waals surface area contributed by atoms with Crippen LogP contribution in [-0.2, 0) is 12.0 Å². The van der Waals surface area contributed by atoms with Crippen LogP contribution < -0.4 is 5.56 Å². The quantitative estimate of drug-likeness (QED) is 0.837. The van der Waals surface area contributed by atoms with Gasteiger partial charge in [0.25, 0.3) is 5.56 Å². The molecule has 2 aromatic rings. The average molecular weight is 266 g/mol. The largest absolute Gasteiger partial charge is 0.302 e. The number of rotatable bonds is 2. The summed E-state index contributed by atoms with van der Waals surface area (Å²) in [5.41, 5.74) is 3.13. The fraction of sp³-hybridized carbons (Fsp3) is 0.294. The smallest absolute Gasteiger partial charge is 0.252 e. The Bertz CT molecular complexity index is 697. The van der Waals surface area contributed by atoms with Crippen molar-refractivity contribution in [3.8, 4) is 17.2 Å². The Morgan fingerprint density at radius 3 is 2.25 bits per heavy atom. The van der Waals surface area contributed by atoms with Crippen molar-refractivity contribution in [1.82, 2.24) is 4.57 Å². The molecular weight excluding hydrogens is 248 g/mol. The van der Waals surface area contributed by atoms with E-state index < -0.39 is 0 Å². The van der Waals surface area contributed by atoms with E-state index in [1.807, 2.05) is 24.3 Å². The zero-order chi connectivity index (χ0) is 14.8. The second-order valence-electron chi connectivity index (χ2n) is 5.87. The zero-order valence-corrected chi connectivity index (χ0v) is 12.1. The summed E-state index contributed by atoms with van der Waals surface area (Å²) in [4.78, 5) is 11.8. The molecule has 3 heteroatoms. The van der Waals surface area contributed by atoms with Gasteiger partial charge in [-0.25, -0.2) is 0 Å². The second-order valence-corrected chi connectivity index (χ2v) is 5.87. The highest BCUT2D eigenvalue weighted by atomic mass is 16.1. The van der Waals surface area contributed by atoms with E-state index in [9.17, 15) is 4.79 Å². The van der Waals surface area contributed by atoms with Gasteiger partial charge >= 0.3 is 0 Å². The van der Waals surface area contributed by atoms with Crippen LogP contribution in [0.15, 0.2) is 47.4 Å². The van der Waals surface area contributed by atoms with Crippen LogP contribution in [0.25, 0.3) is 11.1 Å². The van der Waals surface area contributed by atoms with Crippen LogP contribution in [-0.4, -0.2) is 4.57 Å². The molecule has 1 heterocycles. The minimum atomic E-state index is -0.149. The first kappa shape index (κ1) is 14.1. The molecule has 3 nitrogen and oxygen atoms in total. The predicted octanol–water partition coefficient (Wildman–Crippen LogP) is 3.34. The molecule has 0 spiro atoms. The van der Waals surface area contributed by atoms with Gasteiger partial charge in [0.2, 0.25) is 0 Å². The van der Waals surface area contributed by atoms with Crippen LogP contribution in [0.5, 0.6) is 0 Å². The maximum atomic E-state index is 11.8. The molecule has 20 heavy (non-hydrogen) atoms. The fourth-order valence-electron chi connectivity index (χ4n) is 2.06. The van der Waals surface area contributed by atoms with Crippen LogP contribution in [0, 0.1) is 11.3 Å². The molecule has 0 unspecified atom stereocenters. The summed E-state index contributed by atoms with van der Waals surface area (Å²) >= 11 is 0. The molecule has 0 fully saturated rings. The van der Waals surface area contributed by atoms with Gasteiger partial charge in [0.1, 0.15) is 6.54 Å². The van der Waals surface area contributed by atoms with Gasteiger partial charge in [-0.05, 0) is 28.2 Å². The van der Waals surface area contributed by atoms with Gasteiger partial charge in [-0.1, -0.05) is 45.0 Å². The second kappa shape index (κ2) is 5.34. The molecule has 0 atom stereocenters. The van der Waals surface area contributed by atoms with Gasteiger partial charge < -0.3 is 4.57 Å². The lowest BCUT2D eigenvalue weighted by Crippen LogP contribution is -2.17. The number of nitrogens with zero attached hydrogens (tertiary/aromatic N) is 2. The monoisotopic (exact) mass is 266 g/mol. The van der Waals surface area contributed by atoms with Gasteiger partial charge in [-0.2, -0.15) is 5.26 Å². The Morgan fingerprint density at radius 2 is 1.75 bits per heavy atom. The molecule has 0 saturated heterocycles. The van der Waals surface area contributed by atoms with Crippen molar-refractivity contribution in [2.75, 3.05) is 0 Å². The van der Waals surface area contributed by atoms with Crippen LogP contribution in [0.1, 0.15) is 26.3 Å². The Morgan fingerprint density at radius 1 is 1.10 bits per heavy atom. The summed E-state index contributed by atoms with van der Waals surface area (Å²) in [5.74, 6) is 0. The number of nitriles is 1. The molecule has 102 valence electrons. The van der Waals surface area contributed by atoms with E-state index in [2.05, 4.69) is 32.9 Å². The number of benzene rings is 1. The third-order valence-electron chi connectivity index (χ3n) is 3.32. The molecule has 0 bridgehead atoms. The van der Waals surface area contributed by atoms with Gasteiger partial charge in [-0.3, -0.25) is 4.79 Å². The molecule has 0 aliphatic carbocycles. The van der Waals surface area contributed by atoms with E-state index in [-0.39, 0.29) is 17.5 Å². The highest BCUT2D eigenvalue weighted by Gasteiger charge is 2.13. The SMILES string of the molecule is CC(C)(C)c1ccc(-c2ccn(CC#N)c(=O)c2)cc1. The van der Waals surface area contributed by atoms with Crippen molar-refractivity contribution in [3.63, 3.8) is 0 Å². The van der Waals surface area contributed by atoms with E-state index in [0.29, 0.717) is 0 Å². The average Bonchev–Trinajstić information content (AvgIpc) is 2.40. The van der Waals surface area contributed by atoms with Crippen molar-refractivity contribution in [1.29, 1.82) is 5.26 Å². The Kier molecular flexibility index (Phi) is 3.76. The van der Waals surface area contributed by atoms with E-state index >= 15 is 0 Å². The summed E-state index contributed by atoms with van der Waals surface area (Å²) < 4.78 is 1.40. The number of hydrogen-bond acceptors (Lipinski definition) is 2. The third-order valence-corrected chi connectivity index (χ3v) is 3.32. The van der Waals surface area contributed by atoms with Crippen molar-refractivity contribution >= 4 is 0 Å². The van der Waals surface area contributed by atoms with Crippen LogP contribution in [0.2, 0.25) is 0 Å². The van der Waals surface area contributed by atoms with E-state index in [1.165, 1.54) is 10.1 Å². The molecule has 0 aliphatic heterocycles. The molecular formula is C17H18N2O. The maximum Gasteiger partial charge on any atom is 0.252 e. The Labute approximate surface area is 119 Å². The lowest BCUT2D eigenvalue weighted by Gasteiger charge is -2.19. The van der Waals surface area contributed by atoms with E-state index in [4.69, 9.17) is 5.26 Å². The minimum Gasteiger partial charge on any atom is -0.302 e. The van der Waals surface area contributed by atoms with E-state index in [0.717, 1.165) is 11.1 Å². The first-order valence-corrected chi connectivity index (χ1v) is 6.60. The van der Waals surface area contributed by atoms with Crippen molar-refractivity contribution in [2.24, 2.45) is 0 Å². The summed E-state index contributed by atoms with van der Waals surface area (Å²) in [6, 6.07) is 13.7. The molecule has 1 aromatic carbocycles. The highest BCUT2D eigenvalue weighted by Crippen LogP contribution is 2.25. The summed E-state index contributed by atoms with van der Waals surface area (Å²) in [7, 11) is 0. The van der Waals surface area contributed by atoms with E-state index in [1.54, 1.807) is 12.3 Å².